The first kappa shape index (κ1) is 25.4. The second-order valence-corrected chi connectivity index (χ2v) is 10.2. The number of nitrogens with zero attached hydrogens (tertiary/aromatic N) is 2. The maximum atomic E-state index is 13.3. The van der Waals surface area contributed by atoms with E-state index in [-0.39, 0.29) is 30.9 Å². The molecular weight excluding hydrogens is 472 g/mol. The molecule has 2 saturated heterocycles. The summed E-state index contributed by atoms with van der Waals surface area (Å²) in [5, 5.41) is 5.72. The Hall–Kier alpha value is -3.27. The number of carbonyl (C=O) groups is 3. The van der Waals surface area contributed by atoms with Gasteiger partial charge in [0.1, 0.15) is 18.4 Å². The van der Waals surface area contributed by atoms with Crippen molar-refractivity contribution in [3.63, 3.8) is 0 Å². The van der Waals surface area contributed by atoms with Gasteiger partial charge in [0.05, 0.1) is 19.3 Å². The molecule has 0 aromatic heterocycles. The highest BCUT2D eigenvalue weighted by Gasteiger charge is 2.40. The predicted molar refractivity (Wildman–Crippen MR) is 137 cm³/mol. The Labute approximate surface area is 217 Å². The molecule has 5 rings (SSSR count). The zero-order valence-electron chi connectivity index (χ0n) is 21.4. The van der Waals surface area contributed by atoms with Crippen molar-refractivity contribution in [2.75, 3.05) is 33.8 Å². The van der Waals surface area contributed by atoms with Crippen LogP contribution in [0.15, 0.2) is 36.4 Å². The molecule has 2 fully saturated rings. The summed E-state index contributed by atoms with van der Waals surface area (Å²) >= 11 is 0. The number of carbonyl (C=O) groups excluding carboxylic acids is 3. The minimum Gasteiger partial charge on any atom is -0.488 e. The molecule has 3 amide bonds. The molecule has 2 aromatic rings. The van der Waals surface area contributed by atoms with Crippen molar-refractivity contribution in [1.29, 1.82) is 0 Å². The van der Waals surface area contributed by atoms with Gasteiger partial charge in [0.2, 0.25) is 11.8 Å². The number of hydrogen-bond acceptors (Lipinski definition) is 7. The zero-order valence-corrected chi connectivity index (χ0v) is 21.4. The Kier molecular flexibility index (Phi) is 7.55. The lowest BCUT2D eigenvalue weighted by Gasteiger charge is -2.29. The number of ether oxygens (including phenoxy) is 2. The molecule has 0 bridgehead atoms. The molecular formula is C28H34N4O5. The molecule has 0 radical (unpaired) electrons. The third-order valence-electron chi connectivity index (χ3n) is 7.11. The molecule has 3 aliphatic heterocycles. The highest BCUT2D eigenvalue weighted by molar-refractivity contribution is 6.05. The van der Waals surface area contributed by atoms with Crippen LogP contribution >= 0.6 is 0 Å². The van der Waals surface area contributed by atoms with E-state index in [4.69, 9.17) is 9.47 Å². The first-order valence-electron chi connectivity index (χ1n) is 12.9. The van der Waals surface area contributed by atoms with E-state index in [2.05, 4.69) is 39.8 Å². The summed E-state index contributed by atoms with van der Waals surface area (Å²) in [6.45, 7) is 3.83. The van der Waals surface area contributed by atoms with Gasteiger partial charge >= 0.3 is 0 Å². The minimum absolute atomic E-state index is 0.196. The molecule has 2 N–H and O–H groups in total. The number of rotatable bonds is 8. The second-order valence-electron chi connectivity index (χ2n) is 10.2. The van der Waals surface area contributed by atoms with Crippen molar-refractivity contribution in [1.82, 2.24) is 20.4 Å². The Morgan fingerprint density at radius 3 is 2.57 bits per heavy atom. The zero-order chi connectivity index (χ0) is 25.9. The lowest BCUT2D eigenvalue weighted by atomic mass is 10.0. The van der Waals surface area contributed by atoms with Crippen LogP contribution in [0, 0.1) is 0 Å². The molecule has 2 atom stereocenters. The normalized spacial score (nSPS) is 21.8. The number of piperidine rings is 1. The van der Waals surface area contributed by atoms with Crippen molar-refractivity contribution in [2.45, 2.75) is 51.1 Å². The Balaban J connectivity index is 1.33. The molecule has 37 heavy (non-hydrogen) atoms. The average Bonchev–Trinajstić information content (AvgIpc) is 3.20. The lowest BCUT2D eigenvalue weighted by Crippen LogP contribution is -2.52. The Morgan fingerprint density at radius 1 is 1.08 bits per heavy atom. The van der Waals surface area contributed by atoms with E-state index < -0.39 is 11.9 Å². The monoisotopic (exact) mass is 506 g/mol. The molecule has 0 aliphatic carbocycles. The van der Waals surface area contributed by atoms with Crippen LogP contribution in [0.25, 0.3) is 0 Å². The first-order valence-corrected chi connectivity index (χ1v) is 12.9. The number of imide groups is 1. The van der Waals surface area contributed by atoms with Gasteiger partial charge < -0.3 is 24.6 Å². The van der Waals surface area contributed by atoms with Gasteiger partial charge in [0, 0.05) is 42.7 Å². The molecule has 9 nitrogen and oxygen atoms in total. The fourth-order valence-electron chi connectivity index (χ4n) is 5.25. The van der Waals surface area contributed by atoms with Crippen LogP contribution in [0.2, 0.25) is 0 Å². The SMILES string of the molecule is CN(C)Cc1ccc2c(c1OCc1ccc(CC3CNCCO3)cc1)CN(C1CCC(=O)NC1=O)C2=O. The van der Waals surface area contributed by atoms with Gasteiger partial charge in [0.15, 0.2) is 0 Å². The molecule has 0 spiro atoms. The van der Waals surface area contributed by atoms with Crippen LogP contribution in [0.3, 0.4) is 0 Å². The maximum Gasteiger partial charge on any atom is 0.255 e. The fraction of sp³-hybridized carbons (Fsp3) is 0.464. The van der Waals surface area contributed by atoms with E-state index in [1.54, 1.807) is 4.90 Å². The van der Waals surface area contributed by atoms with E-state index in [0.717, 1.165) is 42.8 Å². The predicted octanol–water partition coefficient (Wildman–Crippen LogP) is 1.62. The quantitative estimate of drug-likeness (QED) is 0.525. The van der Waals surface area contributed by atoms with Crippen molar-refractivity contribution < 1.29 is 23.9 Å². The summed E-state index contributed by atoms with van der Waals surface area (Å²) in [6.07, 6.45) is 1.62. The number of amides is 3. The molecule has 196 valence electrons. The van der Waals surface area contributed by atoms with Crippen LogP contribution in [0.4, 0.5) is 0 Å². The molecule has 3 heterocycles. The molecule has 9 heteroatoms. The molecule has 2 unspecified atom stereocenters. The minimum atomic E-state index is -0.654. The molecule has 0 saturated carbocycles. The van der Waals surface area contributed by atoms with Gasteiger partial charge in [-0.2, -0.15) is 0 Å². The summed E-state index contributed by atoms with van der Waals surface area (Å²) in [5.41, 5.74) is 4.59. The molecule has 3 aliphatic rings. The Morgan fingerprint density at radius 2 is 1.86 bits per heavy atom. The van der Waals surface area contributed by atoms with Crippen LogP contribution in [0.1, 0.15) is 45.5 Å². The van der Waals surface area contributed by atoms with Crippen LogP contribution in [0.5, 0.6) is 5.75 Å². The summed E-state index contributed by atoms with van der Waals surface area (Å²) in [5.74, 6) is -0.214. The van der Waals surface area contributed by atoms with Crippen LogP contribution in [-0.4, -0.2) is 73.5 Å². The summed E-state index contributed by atoms with van der Waals surface area (Å²) < 4.78 is 12.2. The standard InChI is InChI=1S/C28H34N4O5/c1-31(2)15-20-7-8-22-23(16-32(28(22)35)24-9-10-25(33)30-27(24)34)26(20)37-17-19-5-3-18(4-6-19)13-21-14-29-11-12-36-21/h3-8,21,24,29H,9-17H2,1-2H3,(H,30,33,34). The first-order chi connectivity index (χ1) is 17.9. The topological polar surface area (TPSA) is 100 Å². The van der Waals surface area contributed by atoms with Gasteiger partial charge in [-0.3, -0.25) is 19.7 Å². The number of morpholine rings is 1. The Bertz CT molecular complexity index is 1170. The number of fused-ring (bicyclic) bond motifs is 1. The van der Waals surface area contributed by atoms with E-state index >= 15 is 0 Å². The summed E-state index contributed by atoms with van der Waals surface area (Å²) in [7, 11) is 3.98. The van der Waals surface area contributed by atoms with E-state index in [0.29, 0.717) is 30.9 Å². The van der Waals surface area contributed by atoms with Gasteiger partial charge in [-0.25, -0.2) is 0 Å². The number of nitrogens with one attached hydrogen (secondary N) is 2. The third kappa shape index (κ3) is 5.69. The van der Waals surface area contributed by atoms with Crippen molar-refractivity contribution >= 4 is 17.7 Å². The van der Waals surface area contributed by atoms with Gasteiger partial charge in [-0.15, -0.1) is 0 Å². The molecule has 2 aromatic carbocycles. The number of hydrogen-bond donors (Lipinski definition) is 2. The van der Waals surface area contributed by atoms with Crippen molar-refractivity contribution in [3.05, 3.63) is 64.2 Å². The maximum absolute atomic E-state index is 13.3. The van der Waals surface area contributed by atoms with Crippen molar-refractivity contribution in [3.8, 4) is 5.75 Å². The summed E-state index contributed by atoms with van der Waals surface area (Å²) in [6, 6.07) is 11.5. The smallest absolute Gasteiger partial charge is 0.255 e. The average molecular weight is 507 g/mol. The third-order valence-corrected chi connectivity index (χ3v) is 7.11. The van der Waals surface area contributed by atoms with E-state index in [1.807, 2.05) is 26.2 Å². The van der Waals surface area contributed by atoms with Gasteiger partial charge in [-0.1, -0.05) is 30.3 Å². The van der Waals surface area contributed by atoms with Crippen molar-refractivity contribution in [2.24, 2.45) is 0 Å². The van der Waals surface area contributed by atoms with Crippen LogP contribution in [-0.2, 0) is 40.4 Å². The highest BCUT2D eigenvalue weighted by Crippen LogP contribution is 2.37. The van der Waals surface area contributed by atoms with Gasteiger partial charge in [-0.05, 0) is 44.1 Å². The van der Waals surface area contributed by atoms with Gasteiger partial charge in [0.25, 0.3) is 5.91 Å². The largest absolute Gasteiger partial charge is 0.488 e. The fourth-order valence-corrected chi connectivity index (χ4v) is 5.25. The second kappa shape index (κ2) is 11.0. The summed E-state index contributed by atoms with van der Waals surface area (Å²) in [4.78, 5) is 41.0. The van der Waals surface area contributed by atoms with E-state index in [1.165, 1.54) is 5.56 Å². The lowest BCUT2D eigenvalue weighted by molar-refractivity contribution is -0.136. The number of benzene rings is 2. The highest BCUT2D eigenvalue weighted by atomic mass is 16.5. The van der Waals surface area contributed by atoms with Crippen LogP contribution < -0.4 is 15.4 Å². The van der Waals surface area contributed by atoms with E-state index in [9.17, 15) is 14.4 Å².